The third-order valence-corrected chi connectivity index (χ3v) is 4.36. The molecule has 0 bridgehead atoms. The zero-order valence-electron chi connectivity index (χ0n) is 11.8. The van der Waals surface area contributed by atoms with Gasteiger partial charge in [0.2, 0.25) is 0 Å². The van der Waals surface area contributed by atoms with Crippen LogP contribution in [0.5, 0.6) is 0 Å². The van der Waals surface area contributed by atoms with Crippen LogP contribution in [0.2, 0.25) is 0 Å². The van der Waals surface area contributed by atoms with Crippen LogP contribution in [0.4, 0.5) is 0 Å². The summed E-state index contributed by atoms with van der Waals surface area (Å²) in [5.41, 5.74) is 0. The Balaban J connectivity index is 0. The number of hydrogen-bond acceptors (Lipinski definition) is 4. The third kappa shape index (κ3) is 6.18. The van der Waals surface area contributed by atoms with Crippen molar-refractivity contribution in [1.29, 1.82) is 0 Å². The molecule has 99 valence electrons. The quantitative estimate of drug-likeness (QED) is 0.575. The predicted molar refractivity (Wildman–Crippen MR) is 80.8 cm³/mol. The van der Waals surface area contributed by atoms with Gasteiger partial charge in [0.05, 0.1) is 0 Å². The van der Waals surface area contributed by atoms with E-state index in [0.29, 0.717) is 5.39 Å². The first-order valence-corrected chi connectivity index (χ1v) is 7.56. The Bertz CT molecular complexity index is 836. The summed E-state index contributed by atoms with van der Waals surface area (Å²) in [4.78, 5) is -1.66. The molecule has 2 aromatic carbocycles. The molecule has 0 aliphatic heterocycles. The maximum absolute atomic E-state index is 11.3. The van der Waals surface area contributed by atoms with Gasteiger partial charge < -0.3 is 0 Å². The average molecular weight is 373 g/mol. The van der Waals surface area contributed by atoms with Crippen LogP contribution in [0, 0.1) is 0 Å². The Morgan fingerprint density at radius 1 is 0.762 bits per heavy atom. The van der Waals surface area contributed by atoms with E-state index >= 15 is 0 Å². The molecule has 0 amide bonds. The van der Waals surface area contributed by atoms with Crippen LogP contribution in [0.1, 0.15) is 0 Å². The van der Waals surface area contributed by atoms with Crippen molar-refractivity contribution in [1.82, 2.24) is 0 Å². The molecule has 0 saturated heterocycles. The smallest absolute Gasteiger partial charge is 0.282 e. The second-order valence-electron chi connectivity index (χ2n) is 3.56. The minimum absolute atomic E-state index is 0. The summed E-state index contributed by atoms with van der Waals surface area (Å²) in [5, 5.41) is 0.452. The molecule has 0 spiro atoms. The van der Waals surface area contributed by atoms with Crippen molar-refractivity contribution in [2.24, 2.45) is 0 Å². The van der Waals surface area contributed by atoms with Crippen LogP contribution in [-0.4, -0.2) is 136 Å². The van der Waals surface area contributed by atoms with Crippen LogP contribution in [0.15, 0.2) is 46.2 Å². The van der Waals surface area contributed by atoms with E-state index in [-0.39, 0.29) is 116 Å². The van der Waals surface area contributed by atoms with E-state index in [1.165, 1.54) is 18.2 Å². The summed E-state index contributed by atoms with van der Waals surface area (Å²) in [7, 11) is -9.53. The largest absolute Gasteiger partial charge is 0.296 e. The van der Waals surface area contributed by atoms with E-state index in [1.807, 2.05) is 0 Å². The monoisotopic (exact) mass is 373 g/mol. The van der Waals surface area contributed by atoms with E-state index in [4.69, 9.17) is 9.11 Å². The number of rotatable bonds is 2. The summed E-state index contributed by atoms with van der Waals surface area (Å²) < 4.78 is 63.0. The Morgan fingerprint density at radius 3 is 1.76 bits per heavy atom. The van der Waals surface area contributed by atoms with Crippen molar-refractivity contribution in [2.45, 2.75) is 9.79 Å². The first kappa shape index (κ1) is 25.4. The molecule has 0 heterocycles. The molecule has 2 N–H and O–H groups in total. The number of benzene rings is 2. The molecule has 0 aliphatic carbocycles. The van der Waals surface area contributed by atoms with Gasteiger partial charge >= 0.3 is 0 Å². The first-order chi connectivity index (χ1) is 8.21. The van der Waals surface area contributed by atoms with Crippen LogP contribution < -0.4 is 0 Å². The molecular formula is C10H8KNa2O6S2. The molecular weight excluding hydrogens is 365 g/mol. The van der Waals surface area contributed by atoms with Gasteiger partial charge in [-0.15, -0.1) is 0 Å². The van der Waals surface area contributed by atoms with Crippen molar-refractivity contribution < 1.29 is 25.9 Å². The molecule has 0 unspecified atom stereocenters. The normalized spacial score (nSPS) is 11.0. The van der Waals surface area contributed by atoms with E-state index in [0.717, 1.165) is 6.07 Å². The molecule has 2 aromatic rings. The second kappa shape index (κ2) is 9.59. The standard InChI is InChI=1S/C10H8O6S2.K.2Na/c11-17(12,13)9-6-5-7-3-1-2-4-8(7)10(9)18(14,15)16;;;/h1-6H,(H,11,12,13)(H,14,15,16);;;. The van der Waals surface area contributed by atoms with Crippen molar-refractivity contribution in [3.05, 3.63) is 36.4 Å². The van der Waals surface area contributed by atoms with Gasteiger partial charge in [-0.05, 0) is 11.5 Å². The Labute approximate surface area is 209 Å². The molecule has 0 fully saturated rings. The molecule has 21 heavy (non-hydrogen) atoms. The van der Waals surface area contributed by atoms with Gasteiger partial charge in [-0.3, -0.25) is 9.11 Å². The summed E-state index contributed by atoms with van der Waals surface area (Å²) >= 11 is 0. The Hall–Kier alpha value is 2.16. The van der Waals surface area contributed by atoms with Gasteiger partial charge in [-0.25, -0.2) is 0 Å². The molecule has 0 aromatic heterocycles. The Morgan fingerprint density at radius 2 is 1.29 bits per heavy atom. The van der Waals surface area contributed by atoms with Crippen LogP contribution >= 0.6 is 0 Å². The van der Waals surface area contributed by atoms with Gasteiger partial charge in [-0.2, -0.15) is 16.8 Å². The predicted octanol–water partition coefficient (Wildman–Crippen LogP) is 0.191. The van der Waals surface area contributed by atoms with E-state index in [2.05, 4.69) is 0 Å². The second-order valence-corrected chi connectivity index (χ2v) is 6.31. The topological polar surface area (TPSA) is 109 Å². The van der Waals surface area contributed by atoms with Gasteiger partial charge in [0.1, 0.15) is 9.79 Å². The number of hydrogen-bond donors (Lipinski definition) is 2. The molecule has 2 rings (SSSR count). The molecule has 11 heteroatoms. The summed E-state index contributed by atoms with van der Waals surface area (Å²) in [6, 6.07) is 8.28. The maximum atomic E-state index is 11.3. The molecule has 0 aliphatic rings. The van der Waals surface area contributed by atoms with E-state index in [9.17, 15) is 16.8 Å². The fourth-order valence-corrected chi connectivity index (χ4v) is 3.69. The van der Waals surface area contributed by atoms with Gasteiger partial charge in [0.15, 0.2) is 0 Å². The fourth-order valence-electron chi connectivity index (χ4n) is 1.69. The van der Waals surface area contributed by atoms with Crippen LogP contribution in [0.25, 0.3) is 10.8 Å². The average Bonchev–Trinajstić information content (AvgIpc) is 2.24. The minimum atomic E-state index is -4.78. The van der Waals surface area contributed by atoms with Crippen molar-refractivity contribution in [2.75, 3.05) is 0 Å². The SMILES string of the molecule is O=S(=O)(O)c1ccc2ccccc2c1S(=O)(=O)O.[K].[Na].[Na]. The van der Waals surface area contributed by atoms with Crippen LogP contribution in [0.3, 0.4) is 0 Å². The van der Waals surface area contributed by atoms with Gasteiger partial charge in [0.25, 0.3) is 20.2 Å². The van der Waals surface area contributed by atoms with Crippen LogP contribution in [-0.2, 0) is 20.2 Å². The third-order valence-electron chi connectivity index (χ3n) is 2.38. The molecule has 3 radical (unpaired) electrons. The maximum Gasteiger partial charge on any atom is 0.296 e. The van der Waals surface area contributed by atoms with E-state index in [1.54, 1.807) is 12.1 Å². The summed E-state index contributed by atoms with van der Waals surface area (Å²) in [5.74, 6) is 0. The van der Waals surface area contributed by atoms with Crippen molar-refractivity contribution >= 4 is 142 Å². The van der Waals surface area contributed by atoms with E-state index < -0.39 is 30.0 Å². The number of fused-ring (bicyclic) bond motifs is 1. The zero-order chi connectivity index (χ0) is 13.6. The van der Waals surface area contributed by atoms with Crippen molar-refractivity contribution in [3.63, 3.8) is 0 Å². The molecule has 6 nitrogen and oxygen atoms in total. The first-order valence-electron chi connectivity index (χ1n) is 4.68. The zero-order valence-corrected chi connectivity index (χ0v) is 20.6. The van der Waals surface area contributed by atoms with Gasteiger partial charge in [0, 0.05) is 116 Å². The minimum Gasteiger partial charge on any atom is -0.282 e. The fraction of sp³-hybridized carbons (Fsp3) is 0. The molecule has 0 atom stereocenters. The summed E-state index contributed by atoms with van der Waals surface area (Å²) in [6.07, 6.45) is 0. The Kier molecular flexibility index (Phi) is 11.6. The van der Waals surface area contributed by atoms with Crippen molar-refractivity contribution in [3.8, 4) is 0 Å². The molecule has 0 saturated carbocycles. The van der Waals surface area contributed by atoms with Gasteiger partial charge in [-0.1, -0.05) is 30.3 Å². The summed E-state index contributed by atoms with van der Waals surface area (Å²) in [6.45, 7) is 0.